The summed E-state index contributed by atoms with van der Waals surface area (Å²) in [5, 5.41) is 30.7. The van der Waals surface area contributed by atoms with Crippen LogP contribution in [0.25, 0.3) is 0 Å². The number of carboxylic acid groups (broad SMARTS) is 3. The largest absolute Gasteiger partial charge is 0.481 e. The van der Waals surface area contributed by atoms with Gasteiger partial charge in [-0.15, -0.1) is 0 Å². The number of carbonyl (C=O) groups is 4. The van der Waals surface area contributed by atoms with Crippen molar-refractivity contribution in [1.29, 1.82) is 0 Å². The van der Waals surface area contributed by atoms with Crippen LogP contribution in [0, 0.1) is 0 Å². The molecule has 9 nitrogen and oxygen atoms in total. The van der Waals surface area contributed by atoms with Crippen molar-refractivity contribution in [3.05, 3.63) is 0 Å². The van der Waals surface area contributed by atoms with Crippen LogP contribution < -0.4 is 10.6 Å². The van der Waals surface area contributed by atoms with Crippen molar-refractivity contribution in [3.63, 3.8) is 0 Å². The van der Waals surface area contributed by atoms with Crippen LogP contribution in [0.2, 0.25) is 0 Å². The number of carboxylic acids is 3. The number of rotatable bonds is 11. The lowest BCUT2D eigenvalue weighted by atomic mass is 10.1. The van der Waals surface area contributed by atoms with Gasteiger partial charge >= 0.3 is 23.9 Å². The van der Waals surface area contributed by atoms with Crippen molar-refractivity contribution in [2.75, 3.05) is 0 Å². The molecule has 5 N–H and O–H groups in total. The lowest BCUT2D eigenvalue weighted by Gasteiger charge is -2.18. The molecule has 0 aliphatic heterocycles. The van der Waals surface area contributed by atoms with Crippen molar-refractivity contribution in [1.82, 2.24) is 10.6 Å². The number of urea groups is 1. The highest BCUT2D eigenvalue weighted by molar-refractivity contribution is 5.86. The topological polar surface area (TPSA) is 153 Å². The molecule has 0 aromatic heterocycles. The summed E-state index contributed by atoms with van der Waals surface area (Å²) in [6.45, 7) is 1.95. The smallest absolute Gasteiger partial charge is 0.326 e. The molecule has 0 radical (unpaired) electrons. The maximum absolute atomic E-state index is 11.7. The van der Waals surface area contributed by atoms with Gasteiger partial charge in [0.05, 0.1) is 0 Å². The molecule has 22 heavy (non-hydrogen) atoms. The van der Waals surface area contributed by atoms with Gasteiger partial charge in [0.1, 0.15) is 12.1 Å². The number of nitrogens with one attached hydrogen (secondary N) is 2. The zero-order valence-electron chi connectivity index (χ0n) is 12.4. The van der Waals surface area contributed by atoms with E-state index in [4.69, 9.17) is 15.3 Å². The van der Waals surface area contributed by atoms with E-state index < -0.39 is 42.4 Å². The molecule has 0 aliphatic rings. The third-order valence-electron chi connectivity index (χ3n) is 2.95. The number of hydrogen-bond donors (Lipinski definition) is 5. The van der Waals surface area contributed by atoms with Crippen molar-refractivity contribution in [2.45, 2.75) is 57.5 Å². The van der Waals surface area contributed by atoms with Gasteiger partial charge in [-0.1, -0.05) is 26.2 Å². The standard InChI is InChI=1S/C13H22N2O7/c1-2-3-4-5-8(11(18)19)14-13(22)15-9(12(20)21)6-7-10(16)17/h8-9H,2-7H2,1H3,(H,16,17)(H,18,19)(H,20,21)(H2,14,15,22). The Hall–Kier alpha value is -2.32. The second-order valence-corrected chi connectivity index (χ2v) is 4.83. The molecule has 126 valence electrons. The molecule has 2 unspecified atom stereocenters. The predicted octanol–water partition coefficient (Wildman–Crippen LogP) is 0.637. The Morgan fingerprint density at radius 3 is 1.77 bits per heavy atom. The number of aliphatic carboxylic acids is 3. The highest BCUT2D eigenvalue weighted by Gasteiger charge is 2.24. The molecule has 0 spiro atoms. The first-order chi connectivity index (χ1) is 10.3. The van der Waals surface area contributed by atoms with Gasteiger partial charge in [0, 0.05) is 6.42 Å². The summed E-state index contributed by atoms with van der Waals surface area (Å²) < 4.78 is 0. The average molecular weight is 318 g/mol. The van der Waals surface area contributed by atoms with Gasteiger partial charge < -0.3 is 26.0 Å². The zero-order valence-corrected chi connectivity index (χ0v) is 12.4. The number of hydrogen-bond acceptors (Lipinski definition) is 4. The monoisotopic (exact) mass is 318 g/mol. The molecule has 0 heterocycles. The Labute approximate surface area is 127 Å². The van der Waals surface area contributed by atoms with Crippen molar-refractivity contribution < 1.29 is 34.5 Å². The van der Waals surface area contributed by atoms with Gasteiger partial charge in [-0.05, 0) is 12.8 Å². The molecule has 0 bridgehead atoms. The average Bonchev–Trinajstić information content (AvgIpc) is 2.41. The van der Waals surface area contributed by atoms with Crippen LogP contribution in [0.3, 0.4) is 0 Å². The first-order valence-electron chi connectivity index (χ1n) is 7.02. The van der Waals surface area contributed by atoms with E-state index in [0.717, 1.165) is 12.8 Å². The Balaban J connectivity index is 4.47. The summed E-state index contributed by atoms with van der Waals surface area (Å²) in [7, 11) is 0. The van der Waals surface area contributed by atoms with Crippen LogP contribution in [-0.4, -0.2) is 51.3 Å². The Morgan fingerprint density at radius 2 is 1.36 bits per heavy atom. The Kier molecular flexibility index (Phi) is 9.31. The van der Waals surface area contributed by atoms with Crippen molar-refractivity contribution >= 4 is 23.9 Å². The van der Waals surface area contributed by atoms with E-state index in [2.05, 4.69) is 10.6 Å². The van der Waals surface area contributed by atoms with E-state index in [1.54, 1.807) is 0 Å². The van der Waals surface area contributed by atoms with E-state index in [1.807, 2.05) is 6.92 Å². The van der Waals surface area contributed by atoms with Gasteiger partial charge in [0.25, 0.3) is 0 Å². The second kappa shape index (κ2) is 10.4. The van der Waals surface area contributed by atoms with Gasteiger partial charge in [-0.3, -0.25) is 4.79 Å². The van der Waals surface area contributed by atoms with Gasteiger partial charge in [0.2, 0.25) is 0 Å². The Bertz CT molecular complexity index is 411. The predicted molar refractivity (Wildman–Crippen MR) is 75.5 cm³/mol. The molecule has 2 amide bonds. The second-order valence-electron chi connectivity index (χ2n) is 4.83. The molecule has 0 aromatic carbocycles. The molecule has 0 aliphatic carbocycles. The van der Waals surface area contributed by atoms with Gasteiger partial charge in [-0.25, -0.2) is 14.4 Å². The fraction of sp³-hybridized carbons (Fsp3) is 0.692. The maximum atomic E-state index is 11.7. The first kappa shape index (κ1) is 19.7. The first-order valence-corrected chi connectivity index (χ1v) is 7.02. The summed E-state index contributed by atoms with van der Waals surface area (Å²) in [5.41, 5.74) is 0. The summed E-state index contributed by atoms with van der Waals surface area (Å²) in [6, 6.07) is -3.44. The summed E-state index contributed by atoms with van der Waals surface area (Å²) in [5.74, 6) is -3.77. The minimum Gasteiger partial charge on any atom is -0.481 e. The van der Waals surface area contributed by atoms with E-state index in [9.17, 15) is 19.2 Å². The fourth-order valence-electron chi connectivity index (χ4n) is 1.74. The maximum Gasteiger partial charge on any atom is 0.326 e. The van der Waals surface area contributed by atoms with E-state index in [-0.39, 0.29) is 12.8 Å². The fourth-order valence-corrected chi connectivity index (χ4v) is 1.74. The summed E-state index contributed by atoms with van der Waals surface area (Å²) in [6.07, 6.45) is 1.87. The van der Waals surface area contributed by atoms with E-state index in [0.29, 0.717) is 6.42 Å². The summed E-state index contributed by atoms with van der Waals surface area (Å²) >= 11 is 0. The third kappa shape index (κ3) is 8.77. The number of amides is 2. The molecular formula is C13H22N2O7. The highest BCUT2D eigenvalue weighted by Crippen LogP contribution is 2.04. The van der Waals surface area contributed by atoms with E-state index in [1.165, 1.54) is 0 Å². The van der Waals surface area contributed by atoms with Crippen LogP contribution in [0.5, 0.6) is 0 Å². The van der Waals surface area contributed by atoms with Gasteiger partial charge in [0.15, 0.2) is 0 Å². The van der Waals surface area contributed by atoms with Crippen LogP contribution in [0.1, 0.15) is 45.4 Å². The number of unbranched alkanes of at least 4 members (excludes halogenated alkanes) is 2. The zero-order chi connectivity index (χ0) is 17.1. The minimum atomic E-state index is -1.39. The Morgan fingerprint density at radius 1 is 0.864 bits per heavy atom. The van der Waals surface area contributed by atoms with E-state index >= 15 is 0 Å². The van der Waals surface area contributed by atoms with Crippen LogP contribution in [-0.2, 0) is 14.4 Å². The van der Waals surface area contributed by atoms with Gasteiger partial charge in [-0.2, -0.15) is 0 Å². The number of carbonyl (C=O) groups excluding carboxylic acids is 1. The third-order valence-corrected chi connectivity index (χ3v) is 2.95. The SMILES string of the molecule is CCCCCC(NC(=O)NC(CCC(=O)O)C(=O)O)C(=O)O. The molecular weight excluding hydrogens is 296 g/mol. The summed E-state index contributed by atoms with van der Waals surface area (Å²) in [4.78, 5) is 44.0. The minimum absolute atomic E-state index is 0.240. The molecule has 0 rings (SSSR count). The molecule has 0 aromatic rings. The highest BCUT2D eigenvalue weighted by atomic mass is 16.4. The quantitative estimate of drug-likeness (QED) is 0.350. The lowest BCUT2D eigenvalue weighted by molar-refractivity contribution is -0.140. The molecule has 0 fully saturated rings. The normalized spacial score (nSPS) is 13.0. The van der Waals surface area contributed by atoms with Crippen molar-refractivity contribution in [2.24, 2.45) is 0 Å². The van der Waals surface area contributed by atoms with Crippen LogP contribution in [0.15, 0.2) is 0 Å². The lowest BCUT2D eigenvalue weighted by Crippen LogP contribution is -2.51. The molecule has 0 saturated heterocycles. The molecule has 2 atom stereocenters. The molecule has 0 saturated carbocycles. The van der Waals surface area contributed by atoms with Crippen LogP contribution in [0.4, 0.5) is 4.79 Å². The molecule has 9 heteroatoms. The van der Waals surface area contributed by atoms with Crippen molar-refractivity contribution in [3.8, 4) is 0 Å². The van der Waals surface area contributed by atoms with Crippen LogP contribution >= 0.6 is 0 Å².